The molecule has 24 heavy (non-hydrogen) atoms. The van der Waals surface area contributed by atoms with E-state index in [2.05, 4.69) is 5.10 Å². The first-order valence-electron chi connectivity index (χ1n) is 7.09. The van der Waals surface area contributed by atoms with E-state index in [1.807, 2.05) is 11.6 Å². The van der Waals surface area contributed by atoms with E-state index in [1.165, 1.54) is 18.4 Å². The number of carbonyl (C=O) groups excluding carboxylic acids is 1. The van der Waals surface area contributed by atoms with Crippen molar-refractivity contribution in [3.05, 3.63) is 26.3 Å². The van der Waals surface area contributed by atoms with E-state index in [0.717, 1.165) is 4.57 Å². The van der Waals surface area contributed by atoms with Gasteiger partial charge in [0, 0.05) is 11.9 Å². The predicted molar refractivity (Wildman–Crippen MR) is 88.2 cm³/mol. The van der Waals surface area contributed by atoms with Gasteiger partial charge in [-0.05, 0) is 31.2 Å². The van der Waals surface area contributed by atoms with Crippen LogP contribution in [0.15, 0.2) is 15.1 Å². The Morgan fingerprint density at radius 1 is 1.42 bits per heavy atom. The Bertz CT molecular complexity index is 903. The number of hydrogen-bond acceptors (Lipinski definition) is 7. The van der Waals surface area contributed by atoms with Crippen molar-refractivity contribution < 1.29 is 17.9 Å². The molecule has 0 saturated heterocycles. The van der Waals surface area contributed by atoms with Crippen LogP contribution in [0.4, 0.5) is 4.79 Å². The standard InChI is InChI=1S/C13H18N4O5S2/c1-5-6-22-12-14-17(13(19)16(12)4)11(18)15-24(20,21)10-8(2)7-23-9(10)3/h7H,5-6H2,1-4H3,(H,15,18). The van der Waals surface area contributed by atoms with Gasteiger partial charge in [0.1, 0.15) is 4.90 Å². The maximum Gasteiger partial charge on any atom is 0.360 e. The second-order valence-electron chi connectivity index (χ2n) is 5.10. The SMILES string of the molecule is CCCOc1nn(C(=O)NS(=O)(=O)c2c(C)csc2C)c(=O)n1C. The van der Waals surface area contributed by atoms with Crippen LogP contribution in [0.25, 0.3) is 0 Å². The molecule has 2 heterocycles. The number of amides is 1. The van der Waals surface area contributed by atoms with Gasteiger partial charge < -0.3 is 4.74 Å². The average Bonchev–Trinajstić information content (AvgIpc) is 2.98. The third-order valence-electron chi connectivity index (χ3n) is 3.15. The van der Waals surface area contributed by atoms with Crippen LogP contribution in [0.3, 0.4) is 0 Å². The summed E-state index contributed by atoms with van der Waals surface area (Å²) >= 11 is 1.26. The zero-order valence-electron chi connectivity index (χ0n) is 13.7. The number of rotatable bonds is 5. The summed E-state index contributed by atoms with van der Waals surface area (Å²) in [5.41, 5.74) is -0.272. The van der Waals surface area contributed by atoms with Crippen molar-refractivity contribution in [2.75, 3.05) is 6.61 Å². The van der Waals surface area contributed by atoms with Gasteiger partial charge in [-0.25, -0.2) is 27.3 Å². The van der Waals surface area contributed by atoms with Crippen LogP contribution in [-0.2, 0) is 17.1 Å². The summed E-state index contributed by atoms with van der Waals surface area (Å²) in [4.78, 5) is 24.8. The molecule has 11 heteroatoms. The fourth-order valence-corrected chi connectivity index (χ4v) is 4.61. The summed E-state index contributed by atoms with van der Waals surface area (Å²) in [5, 5.41) is 5.41. The summed E-state index contributed by atoms with van der Waals surface area (Å²) in [5.74, 6) is 0. The fraction of sp³-hybridized carbons (Fsp3) is 0.462. The van der Waals surface area contributed by atoms with Gasteiger partial charge in [-0.1, -0.05) is 6.92 Å². The average molecular weight is 374 g/mol. The van der Waals surface area contributed by atoms with Crippen LogP contribution in [-0.4, -0.2) is 35.4 Å². The van der Waals surface area contributed by atoms with Crippen molar-refractivity contribution in [2.24, 2.45) is 7.05 Å². The molecule has 0 fully saturated rings. The highest BCUT2D eigenvalue weighted by atomic mass is 32.2. The maximum atomic E-state index is 12.4. The smallest absolute Gasteiger partial charge is 0.360 e. The number of thiophene rings is 1. The van der Waals surface area contributed by atoms with Gasteiger partial charge in [0.05, 0.1) is 6.61 Å². The number of nitrogens with one attached hydrogen (secondary N) is 1. The molecule has 0 saturated carbocycles. The lowest BCUT2D eigenvalue weighted by Gasteiger charge is -2.06. The molecule has 0 aliphatic carbocycles. The van der Waals surface area contributed by atoms with Crippen LogP contribution in [0, 0.1) is 13.8 Å². The van der Waals surface area contributed by atoms with Crippen molar-refractivity contribution in [1.29, 1.82) is 0 Å². The van der Waals surface area contributed by atoms with Gasteiger partial charge in [0.2, 0.25) is 0 Å². The summed E-state index contributed by atoms with van der Waals surface area (Å²) in [7, 11) is -2.72. The Kier molecular flexibility index (Phi) is 5.13. The monoisotopic (exact) mass is 374 g/mol. The number of carbonyl (C=O) groups is 1. The minimum atomic E-state index is -4.10. The summed E-state index contributed by atoms with van der Waals surface area (Å²) in [6.45, 7) is 5.46. The third-order valence-corrected chi connectivity index (χ3v) is 5.92. The minimum absolute atomic E-state index is 0.0345. The highest BCUT2D eigenvalue weighted by molar-refractivity contribution is 7.90. The summed E-state index contributed by atoms with van der Waals surface area (Å²) < 4.78 is 33.3. The molecular formula is C13H18N4O5S2. The Hall–Kier alpha value is -2.14. The Labute approximate surface area is 142 Å². The molecule has 2 rings (SSSR count). The second kappa shape index (κ2) is 6.77. The number of sulfonamides is 1. The number of ether oxygens (including phenoxy) is 1. The molecule has 9 nitrogen and oxygen atoms in total. The van der Waals surface area contributed by atoms with Gasteiger partial charge in [-0.15, -0.1) is 21.1 Å². The molecule has 2 aromatic rings. The van der Waals surface area contributed by atoms with Crippen molar-refractivity contribution in [2.45, 2.75) is 32.1 Å². The highest BCUT2D eigenvalue weighted by Crippen LogP contribution is 2.25. The van der Waals surface area contributed by atoms with Crippen molar-refractivity contribution in [1.82, 2.24) is 19.1 Å². The van der Waals surface area contributed by atoms with Gasteiger partial charge >= 0.3 is 17.7 Å². The molecule has 132 valence electrons. The number of aryl methyl sites for hydroxylation is 2. The quantitative estimate of drug-likeness (QED) is 0.835. The molecule has 2 aromatic heterocycles. The van der Waals surface area contributed by atoms with Crippen molar-refractivity contribution in [3.63, 3.8) is 0 Å². The Balaban J connectivity index is 2.32. The molecule has 1 N–H and O–H groups in total. The van der Waals surface area contributed by atoms with E-state index in [0.29, 0.717) is 28.2 Å². The fourth-order valence-electron chi connectivity index (χ4n) is 2.04. The highest BCUT2D eigenvalue weighted by Gasteiger charge is 2.26. The van der Waals surface area contributed by atoms with E-state index in [9.17, 15) is 18.0 Å². The van der Waals surface area contributed by atoms with Gasteiger partial charge in [-0.3, -0.25) is 0 Å². The summed E-state index contributed by atoms with van der Waals surface area (Å²) in [6, 6.07) is -1.22. The van der Waals surface area contributed by atoms with Crippen LogP contribution in [0.1, 0.15) is 23.8 Å². The lowest BCUT2D eigenvalue weighted by molar-refractivity contribution is 0.242. The molecule has 0 spiro atoms. The van der Waals surface area contributed by atoms with Gasteiger partial charge in [-0.2, -0.15) is 0 Å². The molecule has 1 amide bonds. The van der Waals surface area contributed by atoms with Crippen molar-refractivity contribution in [3.8, 4) is 6.01 Å². The van der Waals surface area contributed by atoms with E-state index in [-0.39, 0.29) is 10.9 Å². The Morgan fingerprint density at radius 2 is 2.08 bits per heavy atom. The third kappa shape index (κ3) is 3.36. The van der Waals surface area contributed by atoms with Crippen LogP contribution in [0.5, 0.6) is 6.01 Å². The zero-order valence-corrected chi connectivity index (χ0v) is 15.3. The first kappa shape index (κ1) is 18.2. The summed E-state index contributed by atoms with van der Waals surface area (Å²) in [6.07, 6.45) is 0.693. The van der Waals surface area contributed by atoms with Gasteiger partial charge in [0.25, 0.3) is 10.0 Å². The van der Waals surface area contributed by atoms with E-state index < -0.39 is 21.7 Å². The van der Waals surface area contributed by atoms with Crippen molar-refractivity contribution >= 4 is 27.4 Å². The lowest BCUT2D eigenvalue weighted by Crippen LogP contribution is -2.40. The number of nitrogens with zero attached hydrogens (tertiary/aromatic N) is 3. The zero-order chi connectivity index (χ0) is 18.1. The molecule has 0 atom stereocenters. The molecule has 0 radical (unpaired) electrons. The maximum absolute atomic E-state index is 12.4. The van der Waals surface area contributed by atoms with Crippen LogP contribution in [0.2, 0.25) is 0 Å². The number of hydrogen-bond donors (Lipinski definition) is 1. The first-order chi connectivity index (χ1) is 11.2. The molecule has 0 aliphatic heterocycles. The molecule has 0 unspecified atom stereocenters. The minimum Gasteiger partial charge on any atom is -0.464 e. The van der Waals surface area contributed by atoms with E-state index >= 15 is 0 Å². The first-order valence-corrected chi connectivity index (χ1v) is 9.46. The van der Waals surface area contributed by atoms with E-state index in [4.69, 9.17) is 4.74 Å². The normalized spacial score (nSPS) is 11.5. The lowest BCUT2D eigenvalue weighted by atomic mass is 10.3. The molecule has 0 aliphatic rings. The van der Waals surface area contributed by atoms with Crippen LogP contribution >= 0.6 is 11.3 Å². The van der Waals surface area contributed by atoms with Crippen LogP contribution < -0.4 is 15.1 Å². The number of aromatic nitrogens is 3. The predicted octanol–water partition coefficient (Wildman–Crippen LogP) is 0.996. The molecule has 0 bridgehead atoms. The largest absolute Gasteiger partial charge is 0.464 e. The molecular weight excluding hydrogens is 356 g/mol. The van der Waals surface area contributed by atoms with E-state index in [1.54, 1.807) is 19.2 Å². The second-order valence-corrected chi connectivity index (χ2v) is 7.80. The van der Waals surface area contributed by atoms with Gasteiger partial charge in [0.15, 0.2) is 0 Å². The molecule has 0 aromatic carbocycles. The topological polar surface area (TPSA) is 112 Å². The Morgan fingerprint density at radius 3 is 2.62 bits per heavy atom.